The van der Waals surface area contributed by atoms with E-state index in [0.29, 0.717) is 29.7 Å². The first-order valence-electron chi connectivity index (χ1n) is 6.07. The molecule has 0 saturated carbocycles. The summed E-state index contributed by atoms with van der Waals surface area (Å²) in [6, 6.07) is 5.44. The number of nitrogens with zero attached hydrogens (tertiary/aromatic N) is 1. The molecule has 1 saturated heterocycles. The summed E-state index contributed by atoms with van der Waals surface area (Å²) in [7, 11) is 0. The van der Waals surface area contributed by atoms with E-state index < -0.39 is 5.97 Å². The van der Waals surface area contributed by atoms with Crippen LogP contribution in [0.1, 0.15) is 18.1 Å². The number of carboxylic acids is 1. The van der Waals surface area contributed by atoms with E-state index in [2.05, 4.69) is 4.90 Å². The number of carbonyl (C=O) groups is 1. The number of halogens is 2. The van der Waals surface area contributed by atoms with Gasteiger partial charge in [0.2, 0.25) is 0 Å². The van der Waals surface area contributed by atoms with Crippen LogP contribution in [0.5, 0.6) is 0 Å². The van der Waals surface area contributed by atoms with Crippen LogP contribution in [0.2, 0.25) is 10.0 Å². The lowest BCUT2D eigenvalue weighted by atomic mass is 10.1. The number of rotatable bonds is 4. The van der Waals surface area contributed by atoms with Crippen molar-refractivity contribution in [3.05, 3.63) is 33.8 Å². The van der Waals surface area contributed by atoms with Crippen molar-refractivity contribution in [3.63, 3.8) is 0 Å². The van der Waals surface area contributed by atoms with Crippen LogP contribution in [-0.4, -0.2) is 42.2 Å². The van der Waals surface area contributed by atoms with E-state index >= 15 is 0 Å². The fraction of sp³-hybridized carbons (Fsp3) is 0.462. The zero-order chi connectivity index (χ0) is 13.8. The van der Waals surface area contributed by atoms with Gasteiger partial charge in [0, 0.05) is 19.6 Å². The predicted octanol–water partition coefficient (Wildman–Crippen LogP) is 2.84. The van der Waals surface area contributed by atoms with Crippen molar-refractivity contribution < 1.29 is 14.6 Å². The number of ether oxygens (including phenoxy) is 1. The largest absolute Gasteiger partial charge is 0.481 e. The van der Waals surface area contributed by atoms with Crippen LogP contribution in [0.15, 0.2) is 18.2 Å². The van der Waals surface area contributed by atoms with Gasteiger partial charge in [-0.15, -0.1) is 0 Å². The Morgan fingerprint density at radius 1 is 1.42 bits per heavy atom. The van der Waals surface area contributed by atoms with Crippen molar-refractivity contribution in [1.29, 1.82) is 0 Å². The highest BCUT2D eigenvalue weighted by Gasteiger charge is 2.22. The molecule has 0 spiro atoms. The molecule has 4 nitrogen and oxygen atoms in total. The molecule has 0 unspecified atom stereocenters. The Morgan fingerprint density at radius 3 is 2.89 bits per heavy atom. The zero-order valence-electron chi connectivity index (χ0n) is 10.3. The second kappa shape index (κ2) is 6.57. The molecular weight excluding hydrogens is 289 g/mol. The summed E-state index contributed by atoms with van der Waals surface area (Å²) in [5, 5.41) is 9.73. The summed E-state index contributed by atoms with van der Waals surface area (Å²) in [5.74, 6) is -0.780. The Bertz CT molecular complexity index is 467. The fourth-order valence-electron chi connectivity index (χ4n) is 2.07. The molecule has 1 aromatic carbocycles. The Labute approximate surface area is 121 Å². The summed E-state index contributed by atoms with van der Waals surface area (Å²) in [4.78, 5) is 12.7. The van der Waals surface area contributed by atoms with Gasteiger partial charge in [0.25, 0.3) is 0 Å². The molecule has 1 heterocycles. The van der Waals surface area contributed by atoms with Crippen LogP contribution < -0.4 is 0 Å². The van der Waals surface area contributed by atoms with Gasteiger partial charge in [-0.2, -0.15) is 0 Å². The Hall–Kier alpha value is -0.810. The summed E-state index contributed by atoms with van der Waals surface area (Å²) in [5.41, 5.74) is 0.967. The third kappa shape index (κ3) is 4.08. The van der Waals surface area contributed by atoms with Crippen molar-refractivity contribution in [2.75, 3.05) is 26.2 Å². The second-order valence-corrected chi connectivity index (χ2v) is 5.29. The van der Waals surface area contributed by atoms with Gasteiger partial charge in [0.15, 0.2) is 0 Å². The maximum Gasteiger partial charge on any atom is 0.304 e. The van der Waals surface area contributed by atoms with Crippen molar-refractivity contribution in [2.24, 2.45) is 0 Å². The normalized spacial score (nSPS) is 20.4. The van der Waals surface area contributed by atoms with Gasteiger partial charge in [0.05, 0.1) is 29.2 Å². The van der Waals surface area contributed by atoms with Crippen LogP contribution in [-0.2, 0) is 9.53 Å². The summed E-state index contributed by atoms with van der Waals surface area (Å²) in [6.07, 6.45) is 0.0611. The SMILES string of the molecule is O=C(O)CCN1CCO[C@H](c2ccc(Cl)c(Cl)c2)C1. The first kappa shape index (κ1) is 14.6. The summed E-state index contributed by atoms with van der Waals surface area (Å²) < 4.78 is 5.71. The van der Waals surface area contributed by atoms with E-state index in [-0.39, 0.29) is 12.5 Å². The lowest BCUT2D eigenvalue weighted by molar-refractivity contribution is -0.137. The molecule has 1 fully saturated rings. The van der Waals surface area contributed by atoms with Gasteiger partial charge in [0.1, 0.15) is 0 Å². The number of aliphatic carboxylic acids is 1. The topological polar surface area (TPSA) is 49.8 Å². The second-order valence-electron chi connectivity index (χ2n) is 4.48. The van der Waals surface area contributed by atoms with E-state index in [1.807, 2.05) is 6.07 Å². The van der Waals surface area contributed by atoms with Crippen molar-refractivity contribution >= 4 is 29.2 Å². The van der Waals surface area contributed by atoms with E-state index in [9.17, 15) is 4.79 Å². The summed E-state index contributed by atoms with van der Waals surface area (Å²) in [6.45, 7) is 2.55. The van der Waals surface area contributed by atoms with Gasteiger partial charge in [-0.3, -0.25) is 9.69 Å². The Morgan fingerprint density at radius 2 is 2.21 bits per heavy atom. The number of hydrogen-bond donors (Lipinski definition) is 1. The van der Waals surface area contributed by atoms with Gasteiger partial charge in [-0.1, -0.05) is 29.3 Å². The molecule has 1 atom stereocenters. The highest BCUT2D eigenvalue weighted by molar-refractivity contribution is 6.42. The highest BCUT2D eigenvalue weighted by atomic mass is 35.5. The number of benzene rings is 1. The number of morpholine rings is 1. The van der Waals surface area contributed by atoms with Crippen molar-refractivity contribution in [2.45, 2.75) is 12.5 Å². The third-order valence-electron chi connectivity index (χ3n) is 3.11. The molecule has 1 N–H and O–H groups in total. The number of carboxylic acid groups (broad SMARTS) is 1. The molecule has 0 bridgehead atoms. The van der Waals surface area contributed by atoms with Crippen LogP contribution in [0.4, 0.5) is 0 Å². The minimum Gasteiger partial charge on any atom is -0.481 e. The fourth-order valence-corrected chi connectivity index (χ4v) is 2.38. The van der Waals surface area contributed by atoms with E-state index in [1.54, 1.807) is 12.1 Å². The van der Waals surface area contributed by atoms with Crippen molar-refractivity contribution in [1.82, 2.24) is 4.90 Å². The van der Waals surface area contributed by atoms with E-state index in [0.717, 1.165) is 12.1 Å². The molecule has 1 aliphatic rings. The molecule has 0 amide bonds. The predicted molar refractivity (Wildman–Crippen MR) is 73.8 cm³/mol. The minimum atomic E-state index is -0.780. The first-order chi connectivity index (χ1) is 9.06. The molecule has 1 aliphatic heterocycles. The lowest BCUT2D eigenvalue weighted by Gasteiger charge is -2.32. The average Bonchev–Trinajstić information content (AvgIpc) is 2.40. The van der Waals surface area contributed by atoms with Crippen LogP contribution in [0.25, 0.3) is 0 Å². The summed E-state index contributed by atoms with van der Waals surface area (Å²) >= 11 is 11.9. The maximum absolute atomic E-state index is 10.6. The quantitative estimate of drug-likeness (QED) is 0.929. The molecule has 2 rings (SSSR count). The first-order valence-corrected chi connectivity index (χ1v) is 6.82. The van der Waals surface area contributed by atoms with Gasteiger partial charge < -0.3 is 9.84 Å². The smallest absolute Gasteiger partial charge is 0.304 e. The van der Waals surface area contributed by atoms with Crippen LogP contribution in [0.3, 0.4) is 0 Å². The molecule has 1 aromatic rings. The van der Waals surface area contributed by atoms with E-state index in [4.69, 9.17) is 33.0 Å². The highest BCUT2D eigenvalue weighted by Crippen LogP contribution is 2.28. The monoisotopic (exact) mass is 303 g/mol. The zero-order valence-corrected chi connectivity index (χ0v) is 11.8. The van der Waals surface area contributed by atoms with Gasteiger partial charge in [-0.25, -0.2) is 0 Å². The lowest BCUT2D eigenvalue weighted by Crippen LogP contribution is -2.39. The van der Waals surface area contributed by atoms with Crippen LogP contribution in [0, 0.1) is 0 Å². The van der Waals surface area contributed by atoms with Crippen LogP contribution >= 0.6 is 23.2 Å². The Kier molecular flexibility index (Phi) is 5.05. The molecule has 0 aromatic heterocycles. The average molecular weight is 304 g/mol. The van der Waals surface area contributed by atoms with Crippen molar-refractivity contribution in [3.8, 4) is 0 Å². The Balaban J connectivity index is 2.00. The minimum absolute atomic E-state index is 0.0858. The van der Waals surface area contributed by atoms with E-state index in [1.165, 1.54) is 0 Å². The number of hydrogen-bond acceptors (Lipinski definition) is 3. The molecule has 19 heavy (non-hydrogen) atoms. The van der Waals surface area contributed by atoms with Gasteiger partial charge in [-0.05, 0) is 17.7 Å². The molecule has 104 valence electrons. The maximum atomic E-state index is 10.6. The molecular formula is C13H15Cl2NO3. The standard InChI is InChI=1S/C13H15Cl2NO3/c14-10-2-1-9(7-11(10)15)12-8-16(5-6-19-12)4-3-13(17)18/h1-2,7,12H,3-6,8H2,(H,17,18)/t12-/m0/s1. The molecule has 6 heteroatoms. The molecule has 0 aliphatic carbocycles. The third-order valence-corrected chi connectivity index (χ3v) is 3.85. The molecule has 0 radical (unpaired) electrons. The van der Waals surface area contributed by atoms with Gasteiger partial charge >= 0.3 is 5.97 Å².